The van der Waals surface area contributed by atoms with Gasteiger partial charge in [0.1, 0.15) is 42.3 Å². The quantitative estimate of drug-likeness (QED) is 0.0235. The van der Waals surface area contributed by atoms with Gasteiger partial charge in [0.05, 0.1) is 38.6 Å². The predicted molar refractivity (Wildman–Crippen MR) is 256 cm³/mol. The number of nitrogens with one attached hydrogen (secondary N) is 10. The summed E-state index contributed by atoms with van der Waals surface area (Å²) in [6, 6.07) is -10.2. The molecule has 18 N–H and O–H groups in total. The summed E-state index contributed by atoms with van der Waals surface area (Å²) in [7, 11) is 0. The highest BCUT2D eigenvalue weighted by molar-refractivity contribution is 7.80. The van der Waals surface area contributed by atoms with Gasteiger partial charge in [-0.2, -0.15) is 12.6 Å². The summed E-state index contributed by atoms with van der Waals surface area (Å²) in [5.41, 5.74) is 16.7. The van der Waals surface area contributed by atoms with Crippen LogP contribution in [0.2, 0.25) is 0 Å². The molecule has 29 nitrogen and oxygen atoms in total. The summed E-state index contributed by atoms with van der Waals surface area (Å²) < 4.78 is 0. The number of aliphatic hydroxyl groups is 1. The molecule has 0 aromatic carbocycles. The molecule has 402 valence electrons. The number of carbonyl (C=O) groups excluding carboxylic acids is 11. The van der Waals surface area contributed by atoms with E-state index in [4.69, 9.17) is 17.2 Å². The molecule has 0 spiro atoms. The summed E-state index contributed by atoms with van der Waals surface area (Å²) in [6.07, 6.45) is 3.45. The van der Waals surface area contributed by atoms with E-state index in [9.17, 15) is 67.7 Å². The van der Waals surface area contributed by atoms with Crippen LogP contribution in [0.1, 0.15) is 71.4 Å². The number of carbonyl (C=O) groups is 12. The topological polar surface area (TPSA) is 464 Å². The van der Waals surface area contributed by atoms with Crippen molar-refractivity contribution in [2.24, 2.45) is 23.1 Å². The van der Waals surface area contributed by atoms with Crippen molar-refractivity contribution < 1.29 is 67.7 Å². The Morgan fingerprint density at radius 2 is 1.36 bits per heavy atom. The molecule has 1 saturated heterocycles. The van der Waals surface area contributed by atoms with Gasteiger partial charge in [0.2, 0.25) is 65.0 Å². The Morgan fingerprint density at radius 3 is 1.94 bits per heavy atom. The fraction of sp³-hybridized carbons (Fsp3) is 0.643. The van der Waals surface area contributed by atoms with Crippen molar-refractivity contribution in [1.82, 2.24) is 62.7 Å². The molecule has 0 bridgehead atoms. The SMILES string of the molecule is CC(C)[C@H](NC(=O)CNC(=O)[C@H](CCC(N)=O)NC(=O)[C@H](CS)NC(=O)[C@H](C)N)C(=O)NCC(=O)NCC(=O)N1CCC[C@H]1C(=O)N[C@@H](CO)C(=O)N[C@@H](Cc1cnc[nH]1)C(=O)N[C@@H](CCCCN)C(=O)O. The van der Waals surface area contributed by atoms with Crippen LogP contribution >= 0.6 is 12.6 Å². The molecule has 1 fully saturated rings. The number of rotatable bonds is 32. The lowest BCUT2D eigenvalue weighted by Gasteiger charge is -2.27. The van der Waals surface area contributed by atoms with Crippen molar-refractivity contribution in [1.29, 1.82) is 0 Å². The molecule has 72 heavy (non-hydrogen) atoms. The van der Waals surface area contributed by atoms with Crippen molar-refractivity contribution in [3.63, 3.8) is 0 Å². The first-order valence-corrected chi connectivity index (χ1v) is 23.7. The molecular weight excluding hydrogens is 971 g/mol. The smallest absolute Gasteiger partial charge is 0.326 e. The van der Waals surface area contributed by atoms with Gasteiger partial charge in [-0.3, -0.25) is 52.7 Å². The normalized spacial score (nSPS) is 16.0. The fourth-order valence-corrected chi connectivity index (χ4v) is 7.17. The number of aliphatic carboxylic acids is 1. The Morgan fingerprint density at radius 1 is 0.750 bits per heavy atom. The first kappa shape index (κ1) is 61.2. The van der Waals surface area contributed by atoms with Gasteiger partial charge in [0.15, 0.2) is 0 Å². The molecular formula is C42H69N15O14S. The maximum Gasteiger partial charge on any atom is 0.326 e. The Labute approximate surface area is 419 Å². The number of H-pyrrole nitrogens is 1. The van der Waals surface area contributed by atoms with Crippen molar-refractivity contribution in [2.45, 2.75) is 120 Å². The molecule has 1 aliphatic rings. The second-order valence-electron chi connectivity index (χ2n) is 17.1. The molecule has 30 heteroatoms. The van der Waals surface area contributed by atoms with E-state index in [-0.39, 0.29) is 44.4 Å². The average Bonchev–Trinajstić information content (AvgIpc) is 4.05. The highest BCUT2D eigenvalue weighted by atomic mass is 32.1. The Hall–Kier alpha value is -6.92. The molecule has 2 heterocycles. The summed E-state index contributed by atoms with van der Waals surface area (Å²) in [4.78, 5) is 161. The zero-order chi connectivity index (χ0) is 54.1. The third-order valence-corrected chi connectivity index (χ3v) is 11.3. The number of amides is 11. The van der Waals surface area contributed by atoms with Crippen molar-refractivity contribution in [2.75, 3.05) is 45.1 Å². The lowest BCUT2D eigenvalue weighted by molar-refractivity contribution is -0.142. The number of carboxylic acid groups (broad SMARTS) is 1. The van der Waals surface area contributed by atoms with E-state index in [0.717, 1.165) is 4.90 Å². The molecule has 0 aliphatic carbocycles. The molecule has 1 aromatic rings. The number of aromatic amines is 1. The minimum atomic E-state index is -1.61. The van der Waals surface area contributed by atoms with Crippen LogP contribution in [0.15, 0.2) is 12.5 Å². The Kier molecular flexibility index (Phi) is 26.7. The van der Waals surface area contributed by atoms with E-state index in [1.54, 1.807) is 13.8 Å². The van der Waals surface area contributed by atoms with Gasteiger partial charge in [-0.25, -0.2) is 9.78 Å². The molecule has 0 radical (unpaired) electrons. The minimum absolute atomic E-state index is 0.0680. The summed E-state index contributed by atoms with van der Waals surface area (Å²) in [5, 5.41) is 41.2. The Bertz CT molecular complexity index is 2060. The van der Waals surface area contributed by atoms with Crippen LogP contribution in [0, 0.1) is 5.92 Å². The Balaban J connectivity index is 1.96. The van der Waals surface area contributed by atoms with Gasteiger partial charge in [0, 0.05) is 37.0 Å². The number of nitrogens with zero attached hydrogens (tertiary/aromatic N) is 2. The van der Waals surface area contributed by atoms with Crippen LogP contribution in [0.3, 0.4) is 0 Å². The van der Waals surface area contributed by atoms with Gasteiger partial charge in [-0.1, -0.05) is 13.8 Å². The molecule has 0 unspecified atom stereocenters. The predicted octanol–water partition coefficient (Wildman–Crippen LogP) is -7.40. The maximum absolute atomic E-state index is 13.4. The van der Waals surface area contributed by atoms with Crippen LogP contribution < -0.4 is 65.1 Å². The third kappa shape index (κ3) is 21.2. The van der Waals surface area contributed by atoms with E-state index in [2.05, 4.69) is 70.4 Å². The maximum atomic E-state index is 13.4. The van der Waals surface area contributed by atoms with Crippen LogP contribution in [0.4, 0.5) is 0 Å². The fourth-order valence-electron chi connectivity index (χ4n) is 6.91. The summed E-state index contributed by atoms with van der Waals surface area (Å²) in [6.45, 7) is 2.08. The van der Waals surface area contributed by atoms with Crippen molar-refractivity contribution in [3.05, 3.63) is 18.2 Å². The van der Waals surface area contributed by atoms with Crippen LogP contribution in [0.5, 0.6) is 0 Å². The van der Waals surface area contributed by atoms with Crippen molar-refractivity contribution >= 4 is 83.6 Å². The van der Waals surface area contributed by atoms with Crippen LogP contribution in [-0.2, 0) is 64.0 Å². The third-order valence-electron chi connectivity index (χ3n) is 11.0. The van der Waals surface area contributed by atoms with E-state index >= 15 is 0 Å². The molecule has 1 aromatic heterocycles. The van der Waals surface area contributed by atoms with Gasteiger partial charge >= 0.3 is 5.97 Å². The number of carboxylic acids is 1. The monoisotopic (exact) mass is 1040 g/mol. The van der Waals surface area contributed by atoms with E-state index in [0.29, 0.717) is 31.5 Å². The number of aromatic nitrogens is 2. The first-order chi connectivity index (χ1) is 34.0. The number of thiol groups is 1. The largest absolute Gasteiger partial charge is 0.480 e. The molecule has 8 atom stereocenters. The van der Waals surface area contributed by atoms with Crippen LogP contribution in [-0.4, -0.2) is 189 Å². The molecule has 2 rings (SSSR count). The van der Waals surface area contributed by atoms with Gasteiger partial charge in [-0.15, -0.1) is 0 Å². The molecule has 0 saturated carbocycles. The van der Waals surface area contributed by atoms with Crippen LogP contribution in [0.25, 0.3) is 0 Å². The first-order valence-electron chi connectivity index (χ1n) is 23.1. The molecule has 1 aliphatic heterocycles. The summed E-state index contributed by atoms with van der Waals surface area (Å²) in [5.74, 6) is -11.1. The number of imidazole rings is 1. The van der Waals surface area contributed by atoms with E-state index < -0.39 is 151 Å². The highest BCUT2D eigenvalue weighted by Gasteiger charge is 2.37. The minimum Gasteiger partial charge on any atom is -0.480 e. The lowest BCUT2D eigenvalue weighted by atomic mass is 10.0. The zero-order valence-electron chi connectivity index (χ0n) is 40.3. The van der Waals surface area contributed by atoms with Gasteiger partial charge in [0.25, 0.3) is 0 Å². The number of primary amides is 1. The lowest BCUT2D eigenvalue weighted by Crippen LogP contribution is -2.59. The number of hydrogen-bond donors (Lipinski definition) is 16. The highest BCUT2D eigenvalue weighted by Crippen LogP contribution is 2.18. The second-order valence-corrected chi connectivity index (χ2v) is 17.5. The van der Waals surface area contributed by atoms with Gasteiger partial charge < -0.3 is 85.1 Å². The van der Waals surface area contributed by atoms with E-state index in [1.165, 1.54) is 19.4 Å². The standard InChI is InChI=1S/C42H69N15O14S/c1-21(2)34(56-32(61)16-48-36(64)24(9-10-30(45)59)51-39(67)28(19-72)55-35(63)22(3)44)41(69)49-15-31(60)47-17-33(62)57-12-6-8-29(57)40(68)54-27(18-58)38(66)53-26(13-23-14-46-20-50-23)37(65)52-25(42(70)71)7-4-5-11-43/h14,20-22,24-29,34,58,72H,4-13,15-19,43-44H2,1-3H3,(H2,45,59)(H,46,50)(H,47,60)(H,48,64)(H,49,69)(H,51,67)(H,52,65)(H,53,66)(H,54,68)(H,55,63)(H,56,61)(H,70,71)/t22-,24-,25-,26-,27-,28-,29-,34-/m0/s1. The number of unbranched alkanes of at least 4 members (excludes halogenated alkanes) is 1. The number of hydrogen-bond acceptors (Lipinski definition) is 17. The van der Waals surface area contributed by atoms with E-state index in [1.807, 2.05) is 0 Å². The summed E-state index contributed by atoms with van der Waals surface area (Å²) >= 11 is 4.05. The van der Waals surface area contributed by atoms with Crippen molar-refractivity contribution in [3.8, 4) is 0 Å². The number of nitrogens with two attached hydrogens (primary N) is 3. The zero-order valence-corrected chi connectivity index (χ0v) is 41.2. The molecule has 11 amide bonds. The number of likely N-dealkylation sites (tertiary alicyclic amines) is 1. The second kappa shape index (κ2) is 31.4. The number of aliphatic hydroxyl groups excluding tert-OH is 1. The van der Waals surface area contributed by atoms with Gasteiger partial charge in [-0.05, 0) is 57.9 Å². The average molecular weight is 1040 g/mol.